The highest BCUT2D eigenvalue weighted by molar-refractivity contribution is 6.30. The molecule has 0 bridgehead atoms. The van der Waals surface area contributed by atoms with Crippen molar-refractivity contribution in [3.63, 3.8) is 0 Å². The van der Waals surface area contributed by atoms with Crippen molar-refractivity contribution >= 4 is 17.5 Å². The lowest BCUT2D eigenvalue weighted by atomic mass is 10.1. The summed E-state index contributed by atoms with van der Waals surface area (Å²) >= 11 is 5.73. The van der Waals surface area contributed by atoms with Gasteiger partial charge in [-0.05, 0) is 43.2 Å². The minimum atomic E-state index is -0.738. The van der Waals surface area contributed by atoms with Gasteiger partial charge in [0.25, 0.3) is 5.56 Å². The SMILES string of the molecule is COCCC(C)Nc1nccc(-c2ccn([C@H](CO)c3ccc(Cl)c(F)c3)c(=O)c2)n1. The first-order chi connectivity index (χ1) is 14.9. The molecule has 0 saturated heterocycles. The molecule has 0 saturated carbocycles. The van der Waals surface area contributed by atoms with E-state index in [4.69, 9.17) is 16.3 Å². The molecule has 0 spiro atoms. The second-order valence-corrected chi connectivity index (χ2v) is 7.53. The molecule has 0 aliphatic heterocycles. The van der Waals surface area contributed by atoms with E-state index in [1.807, 2.05) is 6.92 Å². The average Bonchev–Trinajstić information content (AvgIpc) is 2.76. The number of nitrogens with one attached hydrogen (secondary N) is 1. The molecule has 0 radical (unpaired) electrons. The van der Waals surface area contributed by atoms with Crippen LogP contribution in [0.15, 0.2) is 53.6 Å². The first-order valence-electron chi connectivity index (χ1n) is 9.79. The predicted octanol–water partition coefficient (Wildman–Crippen LogP) is 3.52. The molecule has 0 aliphatic rings. The Bertz CT molecular complexity index is 1090. The summed E-state index contributed by atoms with van der Waals surface area (Å²) in [4.78, 5) is 21.5. The third-order valence-corrected chi connectivity index (χ3v) is 5.17. The van der Waals surface area contributed by atoms with Crippen molar-refractivity contribution < 1.29 is 14.2 Å². The maximum absolute atomic E-state index is 13.8. The summed E-state index contributed by atoms with van der Waals surface area (Å²) in [5.41, 5.74) is 1.28. The molecular weight excluding hydrogens is 423 g/mol. The Kier molecular flexibility index (Phi) is 7.73. The highest BCUT2D eigenvalue weighted by Gasteiger charge is 2.16. The molecule has 31 heavy (non-hydrogen) atoms. The van der Waals surface area contributed by atoms with E-state index in [-0.39, 0.29) is 23.2 Å². The van der Waals surface area contributed by atoms with Crippen molar-refractivity contribution in [1.29, 1.82) is 0 Å². The standard InChI is InChI=1S/C22H24ClFN4O3/c1-14(7-10-31-2)26-22-25-8-5-19(27-22)15-6-9-28(21(30)12-15)20(13-29)16-3-4-17(23)18(24)11-16/h3-6,8-9,11-12,14,20,29H,7,10,13H2,1-2H3,(H,25,26,27)/t14?,20-/m1/s1. The number of aliphatic hydroxyl groups is 1. The summed E-state index contributed by atoms with van der Waals surface area (Å²) in [6, 6.07) is 8.44. The van der Waals surface area contributed by atoms with Crippen molar-refractivity contribution in [2.24, 2.45) is 0 Å². The number of rotatable bonds is 9. The molecule has 2 aromatic heterocycles. The van der Waals surface area contributed by atoms with Gasteiger partial charge in [-0.15, -0.1) is 0 Å². The molecule has 2 heterocycles. The summed E-state index contributed by atoms with van der Waals surface area (Å²) in [6.07, 6.45) is 3.97. The van der Waals surface area contributed by atoms with Crippen LogP contribution >= 0.6 is 11.6 Å². The Balaban J connectivity index is 1.85. The first-order valence-corrected chi connectivity index (χ1v) is 10.2. The molecule has 7 nitrogen and oxygen atoms in total. The molecule has 0 amide bonds. The molecule has 2 N–H and O–H groups in total. The molecule has 0 aliphatic carbocycles. The molecule has 3 rings (SSSR count). The fraction of sp³-hybridized carbons (Fsp3) is 0.318. The second-order valence-electron chi connectivity index (χ2n) is 7.13. The van der Waals surface area contributed by atoms with Gasteiger partial charge in [0, 0.05) is 43.8 Å². The Labute approximate surface area is 184 Å². The normalized spacial score (nSPS) is 13.1. The first kappa shape index (κ1) is 22.9. The fourth-order valence-electron chi connectivity index (χ4n) is 3.16. The number of aromatic nitrogens is 3. The summed E-state index contributed by atoms with van der Waals surface area (Å²) in [6.45, 7) is 2.25. The molecule has 2 atom stereocenters. The van der Waals surface area contributed by atoms with Gasteiger partial charge in [-0.3, -0.25) is 4.79 Å². The summed E-state index contributed by atoms with van der Waals surface area (Å²) in [5, 5.41) is 13.0. The lowest BCUT2D eigenvalue weighted by molar-refractivity contribution is 0.191. The highest BCUT2D eigenvalue weighted by Crippen LogP contribution is 2.23. The van der Waals surface area contributed by atoms with E-state index in [1.165, 1.54) is 22.8 Å². The number of ether oxygens (including phenoxy) is 1. The number of hydrogen-bond donors (Lipinski definition) is 2. The van der Waals surface area contributed by atoms with Crippen LogP contribution in [0.4, 0.5) is 10.3 Å². The van der Waals surface area contributed by atoms with Gasteiger partial charge >= 0.3 is 0 Å². The van der Waals surface area contributed by atoms with Crippen LogP contribution in [-0.2, 0) is 4.74 Å². The van der Waals surface area contributed by atoms with E-state index in [1.54, 1.807) is 37.7 Å². The van der Waals surface area contributed by atoms with Crippen LogP contribution in [0.2, 0.25) is 5.02 Å². The number of methoxy groups -OCH3 is 1. The Morgan fingerprint density at radius 3 is 2.77 bits per heavy atom. The Hall–Kier alpha value is -2.81. The van der Waals surface area contributed by atoms with Gasteiger partial charge in [-0.1, -0.05) is 17.7 Å². The predicted molar refractivity (Wildman–Crippen MR) is 118 cm³/mol. The van der Waals surface area contributed by atoms with Crippen molar-refractivity contribution in [3.05, 3.63) is 75.5 Å². The quantitative estimate of drug-likeness (QED) is 0.522. The highest BCUT2D eigenvalue weighted by atomic mass is 35.5. The van der Waals surface area contributed by atoms with Crippen LogP contribution < -0.4 is 10.9 Å². The molecule has 1 unspecified atom stereocenters. The van der Waals surface area contributed by atoms with Crippen LogP contribution in [0.25, 0.3) is 11.3 Å². The lowest BCUT2D eigenvalue weighted by Gasteiger charge is -2.19. The van der Waals surface area contributed by atoms with Crippen LogP contribution in [0.3, 0.4) is 0 Å². The van der Waals surface area contributed by atoms with Crippen molar-refractivity contribution in [3.8, 4) is 11.3 Å². The largest absolute Gasteiger partial charge is 0.394 e. The van der Waals surface area contributed by atoms with Gasteiger partial charge in [0.05, 0.1) is 23.4 Å². The van der Waals surface area contributed by atoms with E-state index in [0.717, 1.165) is 6.42 Å². The van der Waals surface area contributed by atoms with Crippen molar-refractivity contribution in [2.45, 2.75) is 25.4 Å². The van der Waals surface area contributed by atoms with Crippen molar-refractivity contribution in [2.75, 3.05) is 25.6 Å². The molecule has 164 valence electrons. The monoisotopic (exact) mass is 446 g/mol. The van der Waals surface area contributed by atoms with E-state index >= 15 is 0 Å². The van der Waals surface area contributed by atoms with E-state index < -0.39 is 11.9 Å². The number of benzene rings is 1. The van der Waals surface area contributed by atoms with Gasteiger partial charge in [-0.2, -0.15) is 0 Å². The molecule has 0 fully saturated rings. The summed E-state index contributed by atoms with van der Waals surface area (Å²) in [5.74, 6) is -0.154. The number of halogens is 2. The fourth-order valence-corrected chi connectivity index (χ4v) is 3.27. The number of aliphatic hydroxyl groups excluding tert-OH is 1. The zero-order chi connectivity index (χ0) is 22.4. The number of anilines is 1. The van der Waals surface area contributed by atoms with E-state index in [2.05, 4.69) is 15.3 Å². The number of pyridine rings is 1. The molecule has 3 aromatic rings. The van der Waals surface area contributed by atoms with Crippen LogP contribution in [-0.4, -0.2) is 46.0 Å². The third-order valence-electron chi connectivity index (χ3n) is 4.87. The summed E-state index contributed by atoms with van der Waals surface area (Å²) in [7, 11) is 1.65. The average molecular weight is 447 g/mol. The molecule has 1 aromatic carbocycles. The Morgan fingerprint density at radius 2 is 2.10 bits per heavy atom. The minimum absolute atomic E-state index is 0.0205. The number of hydrogen-bond acceptors (Lipinski definition) is 6. The maximum atomic E-state index is 13.8. The maximum Gasteiger partial charge on any atom is 0.251 e. The van der Waals surface area contributed by atoms with Gasteiger partial charge in [-0.25, -0.2) is 14.4 Å². The minimum Gasteiger partial charge on any atom is -0.394 e. The molecular formula is C22H24ClFN4O3. The zero-order valence-corrected chi connectivity index (χ0v) is 18.0. The van der Waals surface area contributed by atoms with Gasteiger partial charge in [0.15, 0.2) is 0 Å². The van der Waals surface area contributed by atoms with Crippen LogP contribution in [0, 0.1) is 5.82 Å². The zero-order valence-electron chi connectivity index (χ0n) is 17.3. The second kappa shape index (κ2) is 10.5. The topological polar surface area (TPSA) is 89.3 Å². The smallest absolute Gasteiger partial charge is 0.251 e. The van der Waals surface area contributed by atoms with E-state index in [0.29, 0.717) is 29.4 Å². The van der Waals surface area contributed by atoms with Crippen molar-refractivity contribution in [1.82, 2.24) is 14.5 Å². The Morgan fingerprint density at radius 1 is 1.29 bits per heavy atom. The van der Waals surface area contributed by atoms with Gasteiger partial charge < -0.3 is 19.7 Å². The molecule has 9 heteroatoms. The van der Waals surface area contributed by atoms with Gasteiger partial charge in [0.1, 0.15) is 5.82 Å². The van der Waals surface area contributed by atoms with E-state index in [9.17, 15) is 14.3 Å². The lowest BCUT2D eigenvalue weighted by Crippen LogP contribution is -2.27. The van der Waals surface area contributed by atoms with Gasteiger partial charge in [0.2, 0.25) is 5.95 Å². The number of nitrogens with zero attached hydrogens (tertiary/aromatic N) is 3. The van der Waals surface area contributed by atoms with Crippen LogP contribution in [0.1, 0.15) is 24.9 Å². The third kappa shape index (κ3) is 5.66. The summed E-state index contributed by atoms with van der Waals surface area (Å²) < 4.78 is 20.3. The van der Waals surface area contributed by atoms with Crippen LogP contribution in [0.5, 0.6) is 0 Å².